The van der Waals surface area contributed by atoms with Gasteiger partial charge in [0.25, 0.3) is 5.89 Å². The standard InChI is InChI=1S/C62H44N4OS2/c1-5-21-49(22-6-1)68(50-23-7-2-8-24-50)57-33-17-13-29-53(57)65(54-30-14-18-34-58(54)68)47-41-37-45(38-42-47)61-63-62(67-64-61)46-39-43-48(44-40-46)66-55-31-15-19-35-59(55)69(51-25-9-3-10-26-51,52-27-11-4-12-28-52)60-36-20-16-32-56(60)66/h1-44H. The Morgan fingerprint density at radius 1 is 0.290 bits per heavy atom. The van der Waals surface area contributed by atoms with Crippen LogP contribution in [0.5, 0.6) is 0 Å². The molecule has 0 bridgehead atoms. The van der Waals surface area contributed by atoms with Crippen molar-refractivity contribution in [2.45, 2.75) is 39.2 Å². The Morgan fingerprint density at radius 3 is 0.913 bits per heavy atom. The molecular weight excluding hydrogens is 881 g/mol. The van der Waals surface area contributed by atoms with E-state index < -0.39 is 20.1 Å². The van der Waals surface area contributed by atoms with E-state index >= 15 is 0 Å². The first-order valence-electron chi connectivity index (χ1n) is 23.1. The molecule has 330 valence electrons. The molecule has 11 aromatic rings. The van der Waals surface area contributed by atoms with Gasteiger partial charge in [-0.05, 0) is 146 Å². The highest BCUT2D eigenvalue weighted by Gasteiger charge is 2.44. The number of anilines is 6. The number of nitrogens with zero attached hydrogens (tertiary/aromatic N) is 4. The number of benzene rings is 10. The molecule has 2 aliphatic rings. The van der Waals surface area contributed by atoms with E-state index in [0.717, 1.165) is 22.5 Å². The zero-order valence-electron chi connectivity index (χ0n) is 37.4. The number of hydrogen-bond acceptors (Lipinski definition) is 5. The molecule has 2 aliphatic heterocycles. The van der Waals surface area contributed by atoms with Gasteiger partial charge in [-0.3, -0.25) is 0 Å². The van der Waals surface area contributed by atoms with Crippen molar-refractivity contribution in [1.29, 1.82) is 0 Å². The third kappa shape index (κ3) is 6.35. The van der Waals surface area contributed by atoms with E-state index in [0.29, 0.717) is 11.7 Å². The molecule has 1 aromatic heterocycles. The lowest BCUT2D eigenvalue weighted by atomic mass is 10.1. The average Bonchev–Trinajstić information content (AvgIpc) is 3.94. The normalized spacial score (nSPS) is 14.9. The first-order valence-corrected chi connectivity index (χ1v) is 26.4. The maximum atomic E-state index is 6.00. The molecular formula is C62H44N4OS2. The highest BCUT2D eigenvalue weighted by Crippen LogP contribution is 2.81. The summed E-state index contributed by atoms with van der Waals surface area (Å²) in [5.41, 5.74) is 8.50. The van der Waals surface area contributed by atoms with Crippen molar-refractivity contribution >= 4 is 54.2 Å². The summed E-state index contributed by atoms with van der Waals surface area (Å²) in [4.78, 5) is 20.2. The fourth-order valence-corrected chi connectivity index (χ4v) is 18.7. The Labute approximate surface area is 405 Å². The molecule has 0 amide bonds. The van der Waals surface area contributed by atoms with Crippen molar-refractivity contribution in [2.75, 3.05) is 9.80 Å². The molecule has 5 nitrogen and oxygen atoms in total. The monoisotopic (exact) mass is 924 g/mol. The Morgan fingerprint density at radius 2 is 0.580 bits per heavy atom. The minimum absolute atomic E-state index is 0.469. The summed E-state index contributed by atoms with van der Waals surface area (Å²) in [6, 6.07) is 96.8. The van der Waals surface area contributed by atoms with Gasteiger partial charge in [0, 0.05) is 61.7 Å². The van der Waals surface area contributed by atoms with E-state index in [-0.39, 0.29) is 0 Å². The van der Waals surface area contributed by atoms with Gasteiger partial charge in [0.15, 0.2) is 0 Å². The SMILES string of the molecule is c1ccc(S2(c3ccccc3)c3ccccc3N(c3ccc(-c4noc(-c5ccc(N6c7ccccc7S(c7ccccc7)(c7ccccc7)c7ccccc76)cc5)n4)cc3)c3ccccc32)cc1. The number of hydrogen-bond donors (Lipinski definition) is 0. The van der Waals surface area contributed by atoms with E-state index in [1.807, 2.05) is 0 Å². The largest absolute Gasteiger partial charge is 0.334 e. The fourth-order valence-electron chi connectivity index (χ4n) is 10.4. The molecule has 0 saturated carbocycles. The van der Waals surface area contributed by atoms with Crippen LogP contribution in [0.1, 0.15) is 0 Å². The number of fused-ring (bicyclic) bond motifs is 4. The van der Waals surface area contributed by atoms with Gasteiger partial charge in [0.1, 0.15) is 0 Å². The first-order chi connectivity index (χ1) is 34.2. The van der Waals surface area contributed by atoms with Gasteiger partial charge in [-0.25, -0.2) is 0 Å². The number of para-hydroxylation sites is 4. The highest BCUT2D eigenvalue weighted by molar-refractivity contribution is 8.34. The molecule has 0 unspecified atom stereocenters. The average molecular weight is 925 g/mol. The zero-order chi connectivity index (χ0) is 45.8. The molecule has 7 heteroatoms. The summed E-state index contributed by atoms with van der Waals surface area (Å²) in [6.07, 6.45) is 0. The Bertz CT molecular complexity index is 3210. The summed E-state index contributed by atoms with van der Waals surface area (Å²) in [5, 5.41) is 4.50. The summed E-state index contributed by atoms with van der Waals surface area (Å²) in [6.45, 7) is 0. The molecule has 0 N–H and O–H groups in total. The van der Waals surface area contributed by atoms with E-state index in [1.54, 1.807) is 0 Å². The third-order valence-corrected chi connectivity index (χ3v) is 21.3. The second kappa shape index (κ2) is 16.8. The third-order valence-electron chi connectivity index (χ3n) is 13.3. The second-order valence-corrected chi connectivity index (χ2v) is 23.1. The summed E-state index contributed by atoms with van der Waals surface area (Å²) in [7, 11) is -3.65. The van der Waals surface area contributed by atoms with Crippen LogP contribution in [0.4, 0.5) is 34.1 Å². The summed E-state index contributed by atoms with van der Waals surface area (Å²) >= 11 is 0. The van der Waals surface area contributed by atoms with Crippen LogP contribution in [0.2, 0.25) is 0 Å². The van der Waals surface area contributed by atoms with Crippen molar-refractivity contribution in [2.24, 2.45) is 0 Å². The van der Waals surface area contributed by atoms with Gasteiger partial charge in [-0.1, -0.05) is 126 Å². The molecule has 0 aliphatic carbocycles. The highest BCUT2D eigenvalue weighted by atomic mass is 32.3. The van der Waals surface area contributed by atoms with Crippen molar-refractivity contribution < 1.29 is 4.52 Å². The van der Waals surface area contributed by atoms with Crippen LogP contribution in [-0.2, 0) is 0 Å². The van der Waals surface area contributed by atoms with E-state index in [4.69, 9.17) is 9.51 Å². The van der Waals surface area contributed by atoms with Gasteiger partial charge in [0.05, 0.1) is 22.7 Å². The van der Waals surface area contributed by atoms with Crippen LogP contribution >= 0.6 is 20.1 Å². The van der Waals surface area contributed by atoms with Crippen molar-refractivity contribution in [3.63, 3.8) is 0 Å². The van der Waals surface area contributed by atoms with Gasteiger partial charge in [-0.15, -0.1) is 20.1 Å². The lowest BCUT2D eigenvalue weighted by Crippen LogP contribution is -2.21. The number of aromatic nitrogens is 2. The van der Waals surface area contributed by atoms with Crippen LogP contribution in [0, 0.1) is 0 Å². The van der Waals surface area contributed by atoms with Crippen LogP contribution in [-0.4, -0.2) is 10.1 Å². The lowest BCUT2D eigenvalue weighted by molar-refractivity contribution is 0.432. The Kier molecular flexibility index (Phi) is 9.93. The predicted octanol–water partition coefficient (Wildman–Crippen LogP) is 17.7. The molecule has 69 heavy (non-hydrogen) atoms. The zero-order valence-corrected chi connectivity index (χ0v) is 39.1. The smallest absolute Gasteiger partial charge is 0.258 e. The molecule has 0 radical (unpaired) electrons. The molecule has 0 fully saturated rings. The Balaban J connectivity index is 0.837. The van der Waals surface area contributed by atoms with Gasteiger partial charge >= 0.3 is 0 Å². The van der Waals surface area contributed by atoms with Crippen LogP contribution in [0.25, 0.3) is 22.8 Å². The van der Waals surface area contributed by atoms with Crippen LogP contribution in [0.15, 0.2) is 311 Å². The summed E-state index contributed by atoms with van der Waals surface area (Å²) in [5.74, 6) is 1.01. The minimum atomic E-state index is -1.83. The van der Waals surface area contributed by atoms with E-state index in [9.17, 15) is 0 Å². The van der Waals surface area contributed by atoms with Gasteiger partial charge < -0.3 is 14.3 Å². The van der Waals surface area contributed by atoms with Gasteiger partial charge in [-0.2, -0.15) is 4.98 Å². The van der Waals surface area contributed by atoms with Crippen molar-refractivity contribution in [3.8, 4) is 22.8 Å². The van der Waals surface area contributed by atoms with Crippen molar-refractivity contribution in [1.82, 2.24) is 10.1 Å². The lowest BCUT2D eigenvalue weighted by Gasteiger charge is -2.49. The van der Waals surface area contributed by atoms with E-state index in [1.165, 1.54) is 61.9 Å². The fraction of sp³-hybridized carbons (Fsp3) is 0. The number of rotatable bonds is 8. The molecule has 10 aromatic carbocycles. The Hall–Kier alpha value is -8.36. The van der Waals surface area contributed by atoms with Crippen LogP contribution < -0.4 is 9.80 Å². The summed E-state index contributed by atoms with van der Waals surface area (Å²) < 4.78 is 6.00. The minimum Gasteiger partial charge on any atom is -0.334 e. The molecule has 0 saturated heterocycles. The maximum absolute atomic E-state index is 6.00. The first kappa shape index (κ1) is 40.9. The topological polar surface area (TPSA) is 45.4 Å². The quantitative estimate of drug-likeness (QED) is 0.152. The molecule has 0 spiro atoms. The van der Waals surface area contributed by atoms with E-state index in [2.05, 4.69) is 282 Å². The van der Waals surface area contributed by atoms with Gasteiger partial charge in [0.2, 0.25) is 5.82 Å². The molecule has 0 atom stereocenters. The molecule has 13 rings (SSSR count). The van der Waals surface area contributed by atoms with Crippen LogP contribution in [0.3, 0.4) is 0 Å². The predicted molar refractivity (Wildman–Crippen MR) is 282 cm³/mol. The van der Waals surface area contributed by atoms with Crippen molar-refractivity contribution in [3.05, 3.63) is 267 Å². The maximum Gasteiger partial charge on any atom is 0.258 e. The molecule has 3 heterocycles. The second-order valence-electron chi connectivity index (χ2n) is 17.0.